The highest BCUT2D eigenvalue weighted by atomic mass is 32.2. The third-order valence-corrected chi connectivity index (χ3v) is 7.29. The van der Waals surface area contributed by atoms with E-state index in [0.29, 0.717) is 19.1 Å². The average molecular weight is 425 g/mol. The lowest BCUT2D eigenvalue weighted by molar-refractivity contribution is -0.125. The molecule has 0 aromatic heterocycles. The fourth-order valence-electron chi connectivity index (χ4n) is 3.61. The second kappa shape index (κ2) is 9.69. The summed E-state index contributed by atoms with van der Waals surface area (Å²) in [4.78, 5) is 24.4. The molecule has 29 heavy (non-hydrogen) atoms. The van der Waals surface area contributed by atoms with Crippen LogP contribution in [0.2, 0.25) is 0 Å². The summed E-state index contributed by atoms with van der Waals surface area (Å²) < 4.78 is 37.1. The van der Waals surface area contributed by atoms with Gasteiger partial charge in [-0.15, -0.1) is 0 Å². The topological polar surface area (TPSA) is 102 Å². The van der Waals surface area contributed by atoms with Crippen LogP contribution in [0, 0.1) is 5.92 Å². The molecule has 1 aromatic carbocycles. The van der Waals surface area contributed by atoms with Gasteiger partial charge in [-0.2, -0.15) is 4.31 Å². The molecule has 0 atom stereocenters. The first-order valence-corrected chi connectivity index (χ1v) is 11.4. The Morgan fingerprint density at radius 1 is 1.17 bits per heavy atom. The SMILES string of the molecule is CC1CCC(NC(=O)COC(=O)c2cccc(S(=O)(=O)N3CCOCC3)c2)CC1. The second-order valence-electron chi connectivity index (χ2n) is 7.64. The largest absolute Gasteiger partial charge is 0.452 e. The number of carbonyl (C=O) groups excluding carboxylic acids is 2. The maximum Gasteiger partial charge on any atom is 0.338 e. The summed E-state index contributed by atoms with van der Waals surface area (Å²) >= 11 is 0. The number of hydrogen-bond acceptors (Lipinski definition) is 6. The van der Waals surface area contributed by atoms with Gasteiger partial charge in [0.2, 0.25) is 10.0 Å². The molecule has 1 heterocycles. The molecule has 9 heteroatoms. The maximum atomic E-state index is 12.7. The molecule has 3 rings (SSSR count). The predicted molar refractivity (Wildman–Crippen MR) is 106 cm³/mol. The third-order valence-electron chi connectivity index (χ3n) is 5.39. The molecule has 1 N–H and O–H groups in total. The fourth-order valence-corrected chi connectivity index (χ4v) is 5.06. The molecule has 2 aliphatic rings. The zero-order chi connectivity index (χ0) is 20.9. The summed E-state index contributed by atoms with van der Waals surface area (Å²) in [6.45, 7) is 3.05. The number of morpholine rings is 1. The van der Waals surface area contributed by atoms with E-state index in [9.17, 15) is 18.0 Å². The minimum atomic E-state index is -3.71. The summed E-state index contributed by atoms with van der Waals surface area (Å²) in [5.74, 6) is -0.381. The van der Waals surface area contributed by atoms with Crippen molar-refractivity contribution in [1.82, 2.24) is 9.62 Å². The predicted octanol–water partition coefficient (Wildman–Crippen LogP) is 1.56. The Morgan fingerprint density at radius 3 is 2.55 bits per heavy atom. The van der Waals surface area contributed by atoms with Gasteiger partial charge in [-0.3, -0.25) is 4.79 Å². The van der Waals surface area contributed by atoms with Gasteiger partial charge >= 0.3 is 5.97 Å². The van der Waals surface area contributed by atoms with Crippen molar-refractivity contribution < 1.29 is 27.5 Å². The fraction of sp³-hybridized carbons (Fsp3) is 0.600. The summed E-state index contributed by atoms with van der Waals surface area (Å²) in [5.41, 5.74) is 0.0959. The Balaban J connectivity index is 1.56. The van der Waals surface area contributed by atoms with Crippen LogP contribution in [-0.4, -0.2) is 63.6 Å². The number of rotatable bonds is 6. The van der Waals surface area contributed by atoms with Gasteiger partial charge in [0.25, 0.3) is 5.91 Å². The van der Waals surface area contributed by atoms with E-state index in [4.69, 9.17) is 9.47 Å². The molecular formula is C20H28N2O6S. The Labute approximate surface area is 171 Å². The number of esters is 1. The van der Waals surface area contributed by atoms with Gasteiger partial charge in [-0.25, -0.2) is 13.2 Å². The van der Waals surface area contributed by atoms with E-state index in [1.165, 1.54) is 28.6 Å². The van der Waals surface area contributed by atoms with Crippen LogP contribution >= 0.6 is 0 Å². The smallest absolute Gasteiger partial charge is 0.338 e. The highest BCUT2D eigenvalue weighted by molar-refractivity contribution is 7.89. The summed E-state index contributed by atoms with van der Waals surface area (Å²) in [6, 6.07) is 5.82. The summed E-state index contributed by atoms with van der Waals surface area (Å²) in [6.07, 6.45) is 4.02. The lowest BCUT2D eigenvalue weighted by atomic mass is 9.87. The highest BCUT2D eigenvalue weighted by Crippen LogP contribution is 2.23. The molecule has 160 valence electrons. The van der Waals surface area contributed by atoms with Crippen molar-refractivity contribution in [2.75, 3.05) is 32.9 Å². The molecule has 0 spiro atoms. The van der Waals surface area contributed by atoms with Gasteiger partial charge in [-0.1, -0.05) is 13.0 Å². The standard InChI is InChI=1S/C20H28N2O6S/c1-15-5-7-17(8-6-15)21-19(23)14-28-20(24)16-3-2-4-18(13-16)29(25,26)22-9-11-27-12-10-22/h2-4,13,15,17H,5-12,14H2,1H3,(H,21,23). The number of nitrogens with one attached hydrogen (secondary N) is 1. The van der Waals surface area contributed by atoms with Crippen LogP contribution in [0.5, 0.6) is 0 Å². The zero-order valence-electron chi connectivity index (χ0n) is 16.6. The Kier molecular flexibility index (Phi) is 7.26. The van der Waals surface area contributed by atoms with Gasteiger partial charge in [0.15, 0.2) is 6.61 Å². The lowest BCUT2D eigenvalue weighted by Gasteiger charge is -2.26. The van der Waals surface area contributed by atoms with E-state index in [0.717, 1.165) is 25.7 Å². The van der Waals surface area contributed by atoms with E-state index in [-0.39, 0.29) is 42.1 Å². The number of hydrogen-bond donors (Lipinski definition) is 1. The van der Waals surface area contributed by atoms with Crippen LogP contribution in [-0.2, 0) is 24.3 Å². The molecule has 0 radical (unpaired) electrons. The quantitative estimate of drug-likeness (QED) is 0.696. The molecule has 0 unspecified atom stereocenters. The Bertz CT molecular complexity index is 827. The average Bonchev–Trinajstić information content (AvgIpc) is 2.74. The molecule has 1 saturated carbocycles. The van der Waals surface area contributed by atoms with Gasteiger partial charge in [-0.05, 0) is 49.8 Å². The van der Waals surface area contributed by atoms with E-state index < -0.39 is 16.0 Å². The number of ether oxygens (including phenoxy) is 2. The van der Waals surface area contributed by atoms with E-state index >= 15 is 0 Å². The second-order valence-corrected chi connectivity index (χ2v) is 9.58. The molecular weight excluding hydrogens is 396 g/mol. The van der Waals surface area contributed by atoms with Crippen molar-refractivity contribution >= 4 is 21.9 Å². The van der Waals surface area contributed by atoms with Crippen molar-refractivity contribution in [2.45, 2.75) is 43.5 Å². The molecule has 1 amide bonds. The van der Waals surface area contributed by atoms with Gasteiger partial charge in [0, 0.05) is 19.1 Å². The van der Waals surface area contributed by atoms with Crippen LogP contribution in [0.4, 0.5) is 0 Å². The van der Waals surface area contributed by atoms with Crippen molar-refractivity contribution in [3.8, 4) is 0 Å². The molecule has 0 bridgehead atoms. The number of benzene rings is 1. The number of nitrogens with zero attached hydrogens (tertiary/aromatic N) is 1. The molecule has 1 aromatic rings. The normalized spacial score (nSPS) is 23.3. The first-order valence-electron chi connectivity index (χ1n) is 10.0. The van der Waals surface area contributed by atoms with Gasteiger partial charge in [0.1, 0.15) is 0 Å². The van der Waals surface area contributed by atoms with Gasteiger partial charge in [0.05, 0.1) is 23.7 Å². The number of sulfonamides is 1. The molecule has 2 fully saturated rings. The van der Waals surface area contributed by atoms with Crippen molar-refractivity contribution in [2.24, 2.45) is 5.92 Å². The Hall–Kier alpha value is -1.97. The number of carbonyl (C=O) groups is 2. The van der Waals surface area contributed by atoms with Crippen LogP contribution < -0.4 is 5.32 Å². The first-order chi connectivity index (χ1) is 13.9. The lowest BCUT2D eigenvalue weighted by Crippen LogP contribution is -2.40. The third kappa shape index (κ3) is 5.77. The minimum absolute atomic E-state index is 0.0228. The van der Waals surface area contributed by atoms with Crippen LogP contribution in [0.15, 0.2) is 29.2 Å². The minimum Gasteiger partial charge on any atom is -0.452 e. The first kappa shape index (κ1) is 21.7. The Morgan fingerprint density at radius 2 is 1.86 bits per heavy atom. The van der Waals surface area contributed by atoms with Crippen LogP contribution in [0.3, 0.4) is 0 Å². The van der Waals surface area contributed by atoms with Gasteiger partial charge < -0.3 is 14.8 Å². The van der Waals surface area contributed by atoms with Crippen molar-refractivity contribution in [1.29, 1.82) is 0 Å². The van der Waals surface area contributed by atoms with Crippen LogP contribution in [0.1, 0.15) is 43.0 Å². The van der Waals surface area contributed by atoms with Crippen molar-refractivity contribution in [3.05, 3.63) is 29.8 Å². The highest BCUT2D eigenvalue weighted by Gasteiger charge is 2.27. The van der Waals surface area contributed by atoms with E-state index in [2.05, 4.69) is 12.2 Å². The monoisotopic (exact) mass is 424 g/mol. The zero-order valence-corrected chi connectivity index (χ0v) is 17.4. The molecule has 8 nitrogen and oxygen atoms in total. The molecule has 1 aliphatic heterocycles. The summed E-state index contributed by atoms with van der Waals surface area (Å²) in [5, 5.41) is 2.89. The molecule has 1 saturated heterocycles. The number of amides is 1. The van der Waals surface area contributed by atoms with Crippen molar-refractivity contribution in [3.63, 3.8) is 0 Å². The maximum absolute atomic E-state index is 12.7. The summed E-state index contributed by atoms with van der Waals surface area (Å²) in [7, 11) is -3.71. The molecule has 1 aliphatic carbocycles. The van der Waals surface area contributed by atoms with Crippen LogP contribution in [0.25, 0.3) is 0 Å². The van der Waals surface area contributed by atoms with E-state index in [1.54, 1.807) is 0 Å². The van der Waals surface area contributed by atoms with E-state index in [1.807, 2.05) is 0 Å².